The molecular weight excluding hydrogens is 244 g/mol. The predicted octanol–water partition coefficient (Wildman–Crippen LogP) is 1.00. The summed E-state index contributed by atoms with van der Waals surface area (Å²) in [4.78, 5) is 1.31. The first-order valence-corrected chi connectivity index (χ1v) is 7.92. The highest BCUT2D eigenvalue weighted by Gasteiger charge is 2.24. The molecule has 2 rings (SSSR count). The number of hydrogen-bond donors (Lipinski definition) is 2. The molecular formula is C10H16N2O2S2. The fourth-order valence-corrected chi connectivity index (χ4v) is 4.13. The van der Waals surface area contributed by atoms with Gasteiger partial charge in [-0.05, 0) is 36.3 Å². The minimum atomic E-state index is -3.22. The first kappa shape index (κ1) is 12.0. The van der Waals surface area contributed by atoms with E-state index in [1.54, 1.807) is 11.3 Å². The number of hydrogen-bond acceptors (Lipinski definition) is 4. The van der Waals surface area contributed by atoms with Crippen LogP contribution in [0.4, 0.5) is 0 Å². The molecule has 16 heavy (non-hydrogen) atoms. The number of aryl methyl sites for hydroxylation is 1. The normalized spacial score (nSPS) is 20.7. The molecule has 1 aromatic rings. The van der Waals surface area contributed by atoms with Crippen LogP contribution in [0.15, 0.2) is 11.4 Å². The van der Waals surface area contributed by atoms with Crippen LogP contribution >= 0.6 is 11.3 Å². The summed E-state index contributed by atoms with van der Waals surface area (Å²) in [6, 6.07) is 1.97. The summed E-state index contributed by atoms with van der Waals surface area (Å²) in [7, 11) is -3.22. The molecule has 1 aliphatic carbocycles. The number of sulfonamides is 1. The zero-order valence-electron chi connectivity index (χ0n) is 8.98. The molecule has 0 bridgehead atoms. The molecule has 4 nitrogen and oxygen atoms in total. The molecule has 90 valence electrons. The summed E-state index contributed by atoms with van der Waals surface area (Å²) >= 11 is 1.71. The highest BCUT2D eigenvalue weighted by Crippen LogP contribution is 2.33. The Morgan fingerprint density at radius 3 is 3.12 bits per heavy atom. The number of thiophene rings is 1. The van der Waals surface area contributed by atoms with Crippen molar-refractivity contribution in [3.8, 4) is 0 Å². The van der Waals surface area contributed by atoms with E-state index in [2.05, 4.69) is 4.72 Å². The monoisotopic (exact) mass is 260 g/mol. The molecule has 1 aromatic heterocycles. The minimum absolute atomic E-state index is 0.00295. The maximum atomic E-state index is 11.6. The minimum Gasteiger partial charge on any atom is -0.329 e. The van der Waals surface area contributed by atoms with Crippen molar-refractivity contribution in [1.29, 1.82) is 0 Å². The van der Waals surface area contributed by atoms with Gasteiger partial charge in [-0.25, -0.2) is 13.1 Å². The van der Waals surface area contributed by atoms with E-state index in [1.807, 2.05) is 11.4 Å². The van der Waals surface area contributed by atoms with Crippen molar-refractivity contribution in [3.05, 3.63) is 21.9 Å². The topological polar surface area (TPSA) is 72.2 Å². The zero-order valence-corrected chi connectivity index (χ0v) is 10.6. The van der Waals surface area contributed by atoms with E-state index in [-0.39, 0.29) is 18.3 Å². The second-order valence-electron chi connectivity index (χ2n) is 3.97. The van der Waals surface area contributed by atoms with Gasteiger partial charge in [-0.3, -0.25) is 0 Å². The van der Waals surface area contributed by atoms with Crippen molar-refractivity contribution in [2.24, 2.45) is 5.73 Å². The van der Waals surface area contributed by atoms with E-state index in [0.29, 0.717) is 0 Å². The molecule has 1 unspecified atom stereocenters. The number of fused-ring (bicyclic) bond motifs is 1. The van der Waals surface area contributed by atoms with Gasteiger partial charge in [-0.1, -0.05) is 0 Å². The molecule has 1 atom stereocenters. The third kappa shape index (κ3) is 2.63. The molecule has 0 saturated carbocycles. The molecule has 0 saturated heterocycles. The van der Waals surface area contributed by atoms with Crippen LogP contribution in [-0.2, 0) is 16.4 Å². The van der Waals surface area contributed by atoms with Gasteiger partial charge in [0.1, 0.15) is 0 Å². The lowest BCUT2D eigenvalue weighted by Crippen LogP contribution is -2.34. The summed E-state index contributed by atoms with van der Waals surface area (Å²) in [5.41, 5.74) is 6.43. The average molecular weight is 260 g/mol. The van der Waals surface area contributed by atoms with Gasteiger partial charge < -0.3 is 5.73 Å². The average Bonchev–Trinajstić information content (AvgIpc) is 2.65. The molecule has 6 heteroatoms. The van der Waals surface area contributed by atoms with E-state index in [0.717, 1.165) is 24.8 Å². The van der Waals surface area contributed by atoms with Crippen LogP contribution in [0.2, 0.25) is 0 Å². The van der Waals surface area contributed by atoms with Crippen LogP contribution in [0.1, 0.15) is 29.3 Å². The van der Waals surface area contributed by atoms with Crippen molar-refractivity contribution >= 4 is 21.4 Å². The Kier molecular flexibility index (Phi) is 3.63. The summed E-state index contributed by atoms with van der Waals surface area (Å²) in [5, 5.41) is 2.03. The molecule has 1 heterocycles. The lowest BCUT2D eigenvalue weighted by Gasteiger charge is -2.23. The first-order chi connectivity index (χ1) is 7.62. The second-order valence-corrected chi connectivity index (χ2v) is 6.84. The molecule has 0 aliphatic heterocycles. The van der Waals surface area contributed by atoms with Crippen molar-refractivity contribution in [2.75, 3.05) is 12.3 Å². The second kappa shape index (κ2) is 4.83. The molecule has 0 fully saturated rings. The van der Waals surface area contributed by atoms with Crippen LogP contribution in [-0.4, -0.2) is 20.7 Å². The largest absolute Gasteiger partial charge is 0.329 e. The van der Waals surface area contributed by atoms with Crippen molar-refractivity contribution in [3.63, 3.8) is 0 Å². The maximum Gasteiger partial charge on any atom is 0.213 e. The zero-order chi connectivity index (χ0) is 11.6. The highest BCUT2D eigenvalue weighted by molar-refractivity contribution is 7.89. The van der Waals surface area contributed by atoms with E-state index >= 15 is 0 Å². The first-order valence-electron chi connectivity index (χ1n) is 5.39. The standard InChI is InChI=1S/C10H16N2O2S2/c11-5-7-16(13,14)12-9-2-1-3-10-8(9)4-6-15-10/h4,6,9,12H,1-3,5,7,11H2. The van der Waals surface area contributed by atoms with Crippen LogP contribution in [0.5, 0.6) is 0 Å². The Hall–Kier alpha value is -0.430. The fourth-order valence-electron chi connectivity index (χ4n) is 2.04. The van der Waals surface area contributed by atoms with E-state index in [4.69, 9.17) is 5.73 Å². The Balaban J connectivity index is 2.14. The van der Waals surface area contributed by atoms with E-state index < -0.39 is 10.0 Å². The SMILES string of the molecule is NCCS(=O)(=O)NC1CCCc2sccc21. The Labute approximate surface area is 99.9 Å². The van der Waals surface area contributed by atoms with Gasteiger partial charge in [0.05, 0.1) is 5.75 Å². The fraction of sp³-hybridized carbons (Fsp3) is 0.600. The highest BCUT2D eigenvalue weighted by atomic mass is 32.2. The van der Waals surface area contributed by atoms with Gasteiger partial charge in [0.15, 0.2) is 0 Å². The Morgan fingerprint density at radius 1 is 1.56 bits per heavy atom. The predicted molar refractivity (Wildman–Crippen MR) is 66.0 cm³/mol. The van der Waals surface area contributed by atoms with Crippen molar-refractivity contribution in [2.45, 2.75) is 25.3 Å². The van der Waals surface area contributed by atoms with Gasteiger partial charge in [0.2, 0.25) is 10.0 Å². The number of nitrogens with two attached hydrogens (primary N) is 1. The van der Waals surface area contributed by atoms with Crippen LogP contribution in [0, 0.1) is 0 Å². The van der Waals surface area contributed by atoms with Crippen molar-refractivity contribution in [1.82, 2.24) is 4.72 Å². The Morgan fingerprint density at radius 2 is 2.38 bits per heavy atom. The summed E-state index contributed by atoms with van der Waals surface area (Å²) in [6.45, 7) is 0.165. The lowest BCUT2D eigenvalue weighted by molar-refractivity contribution is 0.511. The number of nitrogens with one attached hydrogen (secondary N) is 1. The Bertz CT molecular complexity index is 453. The maximum absolute atomic E-state index is 11.6. The van der Waals surface area contributed by atoms with Crippen molar-refractivity contribution < 1.29 is 8.42 Å². The summed E-state index contributed by atoms with van der Waals surface area (Å²) in [5.74, 6) is 0.00295. The van der Waals surface area contributed by atoms with Crippen LogP contribution in [0.25, 0.3) is 0 Å². The van der Waals surface area contributed by atoms with Gasteiger partial charge >= 0.3 is 0 Å². The van der Waals surface area contributed by atoms with Crippen LogP contribution < -0.4 is 10.5 Å². The third-order valence-electron chi connectivity index (χ3n) is 2.76. The quantitative estimate of drug-likeness (QED) is 0.848. The van der Waals surface area contributed by atoms with Gasteiger partial charge in [0.25, 0.3) is 0 Å². The van der Waals surface area contributed by atoms with E-state index in [1.165, 1.54) is 4.88 Å². The summed E-state index contributed by atoms with van der Waals surface area (Å²) in [6.07, 6.45) is 3.00. The van der Waals surface area contributed by atoms with Gasteiger partial charge in [-0.2, -0.15) is 0 Å². The molecule has 0 radical (unpaired) electrons. The lowest BCUT2D eigenvalue weighted by atomic mass is 9.95. The van der Waals surface area contributed by atoms with Crippen LogP contribution in [0.3, 0.4) is 0 Å². The third-order valence-corrected chi connectivity index (χ3v) is 5.17. The molecule has 0 aromatic carbocycles. The molecule has 0 amide bonds. The molecule has 3 N–H and O–H groups in total. The van der Waals surface area contributed by atoms with Gasteiger partial charge in [-0.15, -0.1) is 11.3 Å². The number of rotatable bonds is 4. The smallest absolute Gasteiger partial charge is 0.213 e. The molecule has 1 aliphatic rings. The van der Waals surface area contributed by atoms with E-state index in [9.17, 15) is 8.42 Å². The van der Waals surface area contributed by atoms with Gasteiger partial charge in [0, 0.05) is 17.5 Å². The summed E-state index contributed by atoms with van der Waals surface area (Å²) < 4.78 is 26.0. The molecule has 0 spiro atoms.